The van der Waals surface area contributed by atoms with Gasteiger partial charge in [-0.25, -0.2) is 4.79 Å². The standard InChI is InChI=1S/C28H23NO6/c1-18-14-23(19(2)29(18)20-12-13-26-27(15-20)34-17-33-26)24(30)16-32-28(31)22-10-6-7-11-25(22)35-21-8-4-3-5-9-21/h3-15H,16-17H2,1-2H3. The number of ketones is 1. The summed E-state index contributed by atoms with van der Waals surface area (Å²) in [4.78, 5) is 25.8. The van der Waals surface area contributed by atoms with E-state index < -0.39 is 5.97 Å². The number of aryl methyl sites for hydroxylation is 1. The number of hydrogen-bond acceptors (Lipinski definition) is 6. The lowest BCUT2D eigenvalue weighted by Gasteiger charge is -2.11. The molecule has 7 nitrogen and oxygen atoms in total. The van der Waals surface area contributed by atoms with E-state index in [1.54, 1.807) is 42.5 Å². The minimum absolute atomic E-state index is 0.192. The zero-order valence-corrected chi connectivity index (χ0v) is 19.3. The van der Waals surface area contributed by atoms with Crippen molar-refractivity contribution in [2.75, 3.05) is 13.4 Å². The first-order valence-electron chi connectivity index (χ1n) is 11.1. The van der Waals surface area contributed by atoms with Crippen molar-refractivity contribution in [2.45, 2.75) is 13.8 Å². The average molecular weight is 469 g/mol. The van der Waals surface area contributed by atoms with Crippen LogP contribution in [0.15, 0.2) is 78.9 Å². The molecule has 7 heteroatoms. The van der Waals surface area contributed by atoms with Crippen molar-refractivity contribution in [1.29, 1.82) is 0 Å². The quantitative estimate of drug-likeness (QED) is 0.257. The Morgan fingerprint density at radius 2 is 1.60 bits per heavy atom. The summed E-state index contributed by atoms with van der Waals surface area (Å²) >= 11 is 0. The van der Waals surface area contributed by atoms with E-state index >= 15 is 0 Å². The summed E-state index contributed by atoms with van der Waals surface area (Å²) in [5.41, 5.74) is 3.21. The minimum atomic E-state index is -0.630. The second kappa shape index (κ2) is 9.38. The van der Waals surface area contributed by atoms with Crippen molar-refractivity contribution in [3.63, 3.8) is 0 Å². The highest BCUT2D eigenvalue weighted by atomic mass is 16.7. The van der Waals surface area contributed by atoms with Crippen LogP contribution in [0, 0.1) is 13.8 Å². The average Bonchev–Trinajstić information content (AvgIpc) is 3.46. The monoisotopic (exact) mass is 469 g/mol. The van der Waals surface area contributed by atoms with Gasteiger partial charge in [0.15, 0.2) is 18.1 Å². The highest BCUT2D eigenvalue weighted by Gasteiger charge is 2.21. The third-order valence-corrected chi connectivity index (χ3v) is 5.76. The maximum Gasteiger partial charge on any atom is 0.342 e. The molecule has 0 aliphatic carbocycles. The van der Waals surface area contributed by atoms with Crippen LogP contribution >= 0.6 is 0 Å². The number of nitrogens with zero attached hydrogens (tertiary/aromatic N) is 1. The lowest BCUT2D eigenvalue weighted by Crippen LogP contribution is -2.15. The Hall–Kier alpha value is -4.52. The lowest BCUT2D eigenvalue weighted by atomic mass is 10.1. The molecule has 5 rings (SSSR count). The highest BCUT2D eigenvalue weighted by molar-refractivity contribution is 6.01. The highest BCUT2D eigenvalue weighted by Crippen LogP contribution is 2.35. The zero-order chi connectivity index (χ0) is 24.4. The van der Waals surface area contributed by atoms with Crippen LogP contribution in [0.2, 0.25) is 0 Å². The predicted molar refractivity (Wildman–Crippen MR) is 129 cm³/mol. The van der Waals surface area contributed by atoms with Crippen molar-refractivity contribution < 1.29 is 28.5 Å². The van der Waals surface area contributed by atoms with E-state index in [2.05, 4.69) is 0 Å². The van der Waals surface area contributed by atoms with Crippen molar-refractivity contribution in [3.8, 4) is 28.7 Å². The van der Waals surface area contributed by atoms with Crippen molar-refractivity contribution in [2.24, 2.45) is 0 Å². The molecule has 0 spiro atoms. The summed E-state index contributed by atoms with van der Waals surface area (Å²) in [5, 5.41) is 0. The number of carbonyl (C=O) groups is 2. The largest absolute Gasteiger partial charge is 0.456 e. The van der Waals surface area contributed by atoms with Gasteiger partial charge in [0, 0.05) is 28.7 Å². The van der Waals surface area contributed by atoms with Crippen molar-refractivity contribution >= 4 is 11.8 Å². The van der Waals surface area contributed by atoms with Crippen LogP contribution in [-0.4, -0.2) is 29.7 Å². The number of aromatic nitrogens is 1. The Labute approximate surface area is 202 Å². The third kappa shape index (κ3) is 4.48. The van der Waals surface area contributed by atoms with E-state index in [9.17, 15) is 9.59 Å². The van der Waals surface area contributed by atoms with E-state index in [0.29, 0.717) is 28.6 Å². The fourth-order valence-corrected chi connectivity index (χ4v) is 4.09. The first kappa shape index (κ1) is 22.3. The first-order valence-corrected chi connectivity index (χ1v) is 11.1. The maximum atomic E-state index is 13.0. The topological polar surface area (TPSA) is 76.0 Å². The molecule has 0 saturated carbocycles. The number of ether oxygens (including phenoxy) is 4. The molecule has 0 N–H and O–H groups in total. The second-order valence-electron chi connectivity index (χ2n) is 8.07. The Balaban J connectivity index is 1.31. The summed E-state index contributed by atoms with van der Waals surface area (Å²) in [6, 6.07) is 23.3. The number of Topliss-reactive ketones (excluding diaryl/α,β-unsaturated/α-hetero) is 1. The molecule has 0 saturated heterocycles. The van der Waals surface area contributed by atoms with Crippen LogP contribution in [0.3, 0.4) is 0 Å². The number of benzene rings is 3. The molecule has 1 aliphatic heterocycles. The van der Waals surface area contributed by atoms with Gasteiger partial charge in [0.25, 0.3) is 0 Å². The van der Waals surface area contributed by atoms with Gasteiger partial charge in [0.05, 0.1) is 0 Å². The van der Waals surface area contributed by atoms with Crippen LogP contribution in [0.4, 0.5) is 0 Å². The predicted octanol–water partition coefficient (Wildman–Crippen LogP) is 5.65. The van der Waals surface area contributed by atoms with Gasteiger partial charge in [-0.2, -0.15) is 0 Å². The molecule has 3 aromatic carbocycles. The van der Waals surface area contributed by atoms with Crippen LogP contribution in [0.5, 0.6) is 23.0 Å². The zero-order valence-electron chi connectivity index (χ0n) is 19.3. The van der Waals surface area contributed by atoms with Gasteiger partial charge in [-0.3, -0.25) is 4.79 Å². The number of esters is 1. The normalized spacial score (nSPS) is 11.8. The fraction of sp³-hybridized carbons (Fsp3) is 0.143. The molecular formula is C28H23NO6. The molecule has 35 heavy (non-hydrogen) atoms. The molecule has 0 bridgehead atoms. The molecule has 4 aromatic rings. The Kier molecular flexibility index (Phi) is 5.97. The fourth-order valence-electron chi connectivity index (χ4n) is 4.09. The third-order valence-electron chi connectivity index (χ3n) is 5.76. The van der Waals surface area contributed by atoms with Gasteiger partial charge >= 0.3 is 5.97 Å². The van der Waals surface area contributed by atoms with Crippen LogP contribution < -0.4 is 14.2 Å². The molecule has 0 fully saturated rings. The number of carbonyl (C=O) groups excluding carboxylic acids is 2. The molecule has 0 atom stereocenters. The van der Waals surface area contributed by atoms with Gasteiger partial charge in [0.1, 0.15) is 17.1 Å². The Bertz CT molecular complexity index is 1410. The van der Waals surface area contributed by atoms with E-state index in [-0.39, 0.29) is 24.7 Å². The van der Waals surface area contributed by atoms with Crippen LogP contribution in [0.1, 0.15) is 32.1 Å². The van der Waals surface area contributed by atoms with Gasteiger partial charge in [-0.1, -0.05) is 30.3 Å². The number of fused-ring (bicyclic) bond motifs is 1. The van der Waals surface area contributed by atoms with E-state index in [1.807, 2.05) is 54.8 Å². The number of hydrogen-bond donors (Lipinski definition) is 0. The molecule has 1 aliphatic rings. The minimum Gasteiger partial charge on any atom is -0.456 e. The Morgan fingerprint density at radius 3 is 2.43 bits per heavy atom. The molecule has 0 amide bonds. The summed E-state index contributed by atoms with van der Waals surface area (Å²) in [6.07, 6.45) is 0. The Morgan fingerprint density at radius 1 is 0.857 bits per heavy atom. The van der Waals surface area contributed by atoms with Crippen LogP contribution in [0.25, 0.3) is 5.69 Å². The lowest BCUT2D eigenvalue weighted by molar-refractivity contribution is 0.0472. The summed E-state index contributed by atoms with van der Waals surface area (Å²) in [5.74, 6) is 1.38. The summed E-state index contributed by atoms with van der Waals surface area (Å²) < 4.78 is 24.0. The molecule has 0 unspecified atom stereocenters. The summed E-state index contributed by atoms with van der Waals surface area (Å²) in [7, 11) is 0. The first-order chi connectivity index (χ1) is 17.0. The number of para-hydroxylation sites is 2. The molecule has 1 aromatic heterocycles. The van der Waals surface area contributed by atoms with E-state index in [0.717, 1.165) is 17.1 Å². The van der Waals surface area contributed by atoms with E-state index in [4.69, 9.17) is 18.9 Å². The van der Waals surface area contributed by atoms with Gasteiger partial charge in [-0.05, 0) is 56.3 Å². The SMILES string of the molecule is Cc1cc(C(=O)COC(=O)c2ccccc2Oc2ccccc2)c(C)n1-c1ccc2c(c1)OCO2. The van der Waals surface area contributed by atoms with Gasteiger partial charge in [0.2, 0.25) is 12.6 Å². The maximum absolute atomic E-state index is 13.0. The molecule has 176 valence electrons. The van der Waals surface area contributed by atoms with Crippen molar-refractivity contribution in [3.05, 3.63) is 101 Å². The van der Waals surface area contributed by atoms with Crippen molar-refractivity contribution in [1.82, 2.24) is 4.57 Å². The summed E-state index contributed by atoms with van der Waals surface area (Å²) in [6.45, 7) is 3.58. The smallest absolute Gasteiger partial charge is 0.342 e. The van der Waals surface area contributed by atoms with Gasteiger partial charge < -0.3 is 23.5 Å². The molecular weight excluding hydrogens is 446 g/mol. The van der Waals surface area contributed by atoms with Crippen LogP contribution in [-0.2, 0) is 4.74 Å². The number of rotatable bonds is 7. The second-order valence-corrected chi connectivity index (χ2v) is 8.07. The molecule has 0 radical (unpaired) electrons. The van der Waals surface area contributed by atoms with E-state index in [1.165, 1.54) is 0 Å². The van der Waals surface area contributed by atoms with Gasteiger partial charge in [-0.15, -0.1) is 0 Å². The molecule has 2 heterocycles.